The van der Waals surface area contributed by atoms with E-state index in [-0.39, 0.29) is 5.91 Å². The minimum atomic E-state index is -0.146. The fraction of sp³-hybridized carbons (Fsp3) is 0.200. The molecule has 0 radical (unpaired) electrons. The molecule has 3 aromatic rings. The molecule has 1 amide bonds. The molecule has 6 heteroatoms. The third-order valence-corrected chi connectivity index (χ3v) is 5.36. The van der Waals surface area contributed by atoms with Gasteiger partial charge in [0.1, 0.15) is 11.6 Å². The molecule has 156 valence electrons. The molecule has 1 aliphatic heterocycles. The highest BCUT2D eigenvalue weighted by Gasteiger charge is 2.18. The number of amides is 1. The molecule has 1 aliphatic rings. The van der Waals surface area contributed by atoms with Crippen LogP contribution in [0.25, 0.3) is 0 Å². The van der Waals surface area contributed by atoms with Crippen molar-refractivity contribution in [1.29, 1.82) is 0 Å². The Labute approximate surface area is 182 Å². The van der Waals surface area contributed by atoms with Crippen LogP contribution in [0.1, 0.15) is 15.9 Å². The Morgan fingerprint density at radius 3 is 2.23 bits per heavy atom. The molecule has 0 spiro atoms. The molecule has 0 aliphatic carbocycles. The third kappa shape index (κ3) is 4.78. The number of nitrogens with zero attached hydrogens (tertiary/aromatic N) is 3. The first-order valence-electron chi connectivity index (χ1n) is 10.1. The Kier molecular flexibility index (Phi) is 6.04. The number of benzene rings is 2. The fourth-order valence-corrected chi connectivity index (χ4v) is 3.55. The second-order valence-corrected chi connectivity index (χ2v) is 7.25. The Morgan fingerprint density at radius 1 is 0.968 bits per heavy atom. The summed E-state index contributed by atoms with van der Waals surface area (Å²) in [4.78, 5) is 21.5. The fourth-order valence-electron chi connectivity index (χ4n) is 3.55. The minimum absolute atomic E-state index is 0.146. The van der Waals surface area contributed by atoms with Gasteiger partial charge in [-0.2, -0.15) is 0 Å². The largest absolute Gasteiger partial charge is 0.497 e. The Morgan fingerprint density at radius 2 is 1.65 bits per heavy atom. The van der Waals surface area contributed by atoms with Gasteiger partial charge in [-0.25, -0.2) is 4.98 Å². The van der Waals surface area contributed by atoms with Crippen LogP contribution in [0.2, 0.25) is 0 Å². The van der Waals surface area contributed by atoms with Gasteiger partial charge in [-0.05, 0) is 60.7 Å². The number of rotatable bonds is 5. The number of methoxy groups -OCH3 is 1. The van der Waals surface area contributed by atoms with E-state index in [0.717, 1.165) is 54.7 Å². The lowest BCUT2D eigenvalue weighted by molar-refractivity contribution is 0.102. The summed E-state index contributed by atoms with van der Waals surface area (Å²) in [7, 11) is 1.60. The Balaban J connectivity index is 1.33. The summed E-state index contributed by atoms with van der Waals surface area (Å²) in [5.41, 5.74) is 3.28. The second-order valence-electron chi connectivity index (χ2n) is 7.25. The van der Waals surface area contributed by atoms with Crippen LogP contribution in [0, 0.1) is 12.3 Å². The lowest BCUT2D eigenvalue weighted by atomic mass is 10.2. The van der Waals surface area contributed by atoms with Gasteiger partial charge in [0.15, 0.2) is 0 Å². The summed E-state index contributed by atoms with van der Waals surface area (Å²) in [5, 5.41) is 2.93. The van der Waals surface area contributed by atoms with Crippen LogP contribution in [0.15, 0.2) is 66.9 Å². The summed E-state index contributed by atoms with van der Waals surface area (Å²) in [6.07, 6.45) is 7.14. The van der Waals surface area contributed by atoms with E-state index in [2.05, 4.69) is 26.0 Å². The molecule has 1 saturated heterocycles. The average Bonchev–Trinajstić information content (AvgIpc) is 2.85. The highest BCUT2D eigenvalue weighted by Crippen LogP contribution is 2.22. The number of anilines is 3. The van der Waals surface area contributed by atoms with Crippen molar-refractivity contribution in [3.63, 3.8) is 0 Å². The number of carbonyl (C=O) groups excluding carboxylic acids is 1. The van der Waals surface area contributed by atoms with Crippen molar-refractivity contribution >= 4 is 23.1 Å². The van der Waals surface area contributed by atoms with Gasteiger partial charge in [0.2, 0.25) is 0 Å². The van der Waals surface area contributed by atoms with Gasteiger partial charge in [0, 0.05) is 54.9 Å². The van der Waals surface area contributed by atoms with Crippen LogP contribution in [-0.2, 0) is 0 Å². The number of nitrogens with one attached hydrogen (secondary N) is 1. The number of hydrogen-bond acceptors (Lipinski definition) is 5. The van der Waals surface area contributed by atoms with Crippen molar-refractivity contribution in [3.05, 3.63) is 78.0 Å². The standard InChI is InChI=1S/C25H24N4O2/c1-3-19-4-13-24(26-18-19)29-16-14-28(15-17-29)22-9-7-21(8-10-22)27-25(30)20-5-11-23(31-2)12-6-20/h1,4-13,18H,14-17H2,2H3,(H,27,30). The summed E-state index contributed by atoms with van der Waals surface area (Å²) in [6.45, 7) is 3.57. The van der Waals surface area contributed by atoms with E-state index in [0.29, 0.717) is 5.56 Å². The number of ether oxygens (including phenoxy) is 1. The van der Waals surface area contributed by atoms with Gasteiger partial charge in [-0.15, -0.1) is 6.42 Å². The number of hydrogen-bond donors (Lipinski definition) is 1. The number of piperazine rings is 1. The lowest BCUT2D eigenvalue weighted by Crippen LogP contribution is -2.46. The molecule has 1 aromatic heterocycles. The Bertz CT molecular complexity index is 1060. The Hall–Kier alpha value is -3.98. The quantitative estimate of drug-likeness (QED) is 0.649. The molecule has 31 heavy (non-hydrogen) atoms. The smallest absolute Gasteiger partial charge is 0.255 e. The van der Waals surface area contributed by atoms with E-state index < -0.39 is 0 Å². The molecule has 0 saturated carbocycles. The molecule has 0 bridgehead atoms. The molecule has 2 aromatic carbocycles. The molecule has 4 rings (SSSR count). The van der Waals surface area contributed by atoms with Crippen LogP contribution in [0.3, 0.4) is 0 Å². The van der Waals surface area contributed by atoms with Gasteiger partial charge in [0.05, 0.1) is 7.11 Å². The molecule has 1 N–H and O–H groups in total. The van der Waals surface area contributed by atoms with Crippen molar-refractivity contribution in [1.82, 2.24) is 4.98 Å². The lowest BCUT2D eigenvalue weighted by Gasteiger charge is -2.36. The van der Waals surface area contributed by atoms with Crippen LogP contribution >= 0.6 is 0 Å². The van der Waals surface area contributed by atoms with E-state index in [4.69, 9.17) is 11.2 Å². The maximum absolute atomic E-state index is 12.4. The van der Waals surface area contributed by atoms with Crippen molar-refractivity contribution in [2.75, 3.05) is 48.4 Å². The molecule has 1 fully saturated rings. The van der Waals surface area contributed by atoms with Crippen LogP contribution in [0.5, 0.6) is 5.75 Å². The van der Waals surface area contributed by atoms with Crippen LogP contribution in [0.4, 0.5) is 17.2 Å². The molecule has 0 unspecified atom stereocenters. The molecule has 2 heterocycles. The number of pyridine rings is 1. The first-order valence-corrected chi connectivity index (χ1v) is 10.1. The van der Waals surface area contributed by atoms with E-state index >= 15 is 0 Å². The molecule has 0 atom stereocenters. The zero-order valence-electron chi connectivity index (χ0n) is 17.4. The third-order valence-electron chi connectivity index (χ3n) is 5.36. The van der Waals surface area contributed by atoms with Crippen molar-refractivity contribution in [2.45, 2.75) is 0 Å². The van der Waals surface area contributed by atoms with Gasteiger partial charge in [0.25, 0.3) is 5.91 Å². The average molecular weight is 412 g/mol. The predicted octanol–water partition coefficient (Wildman–Crippen LogP) is 3.65. The van der Waals surface area contributed by atoms with Crippen molar-refractivity contribution in [3.8, 4) is 18.1 Å². The highest BCUT2D eigenvalue weighted by atomic mass is 16.5. The summed E-state index contributed by atoms with van der Waals surface area (Å²) in [6, 6.07) is 18.9. The molecule has 6 nitrogen and oxygen atoms in total. The van der Waals surface area contributed by atoms with Gasteiger partial charge >= 0.3 is 0 Å². The zero-order valence-corrected chi connectivity index (χ0v) is 17.4. The van der Waals surface area contributed by atoms with E-state index in [1.54, 1.807) is 37.6 Å². The number of aromatic nitrogens is 1. The normalized spacial score (nSPS) is 13.4. The minimum Gasteiger partial charge on any atom is -0.497 e. The zero-order chi connectivity index (χ0) is 21.6. The van der Waals surface area contributed by atoms with Crippen molar-refractivity contribution < 1.29 is 9.53 Å². The number of terminal acetylenes is 1. The number of carbonyl (C=O) groups is 1. The van der Waals surface area contributed by atoms with E-state index in [9.17, 15) is 4.79 Å². The van der Waals surface area contributed by atoms with Gasteiger partial charge in [-0.3, -0.25) is 4.79 Å². The van der Waals surface area contributed by atoms with Gasteiger partial charge < -0.3 is 19.9 Å². The van der Waals surface area contributed by atoms with E-state index in [1.165, 1.54) is 0 Å². The summed E-state index contributed by atoms with van der Waals surface area (Å²) in [5.74, 6) is 4.13. The van der Waals surface area contributed by atoms with Crippen LogP contribution < -0.4 is 19.9 Å². The topological polar surface area (TPSA) is 57.7 Å². The van der Waals surface area contributed by atoms with Gasteiger partial charge in [-0.1, -0.05) is 5.92 Å². The maximum atomic E-state index is 12.4. The molecular formula is C25H24N4O2. The van der Waals surface area contributed by atoms with Crippen molar-refractivity contribution in [2.24, 2.45) is 0 Å². The summed E-state index contributed by atoms with van der Waals surface area (Å²) >= 11 is 0. The summed E-state index contributed by atoms with van der Waals surface area (Å²) < 4.78 is 5.13. The first kappa shape index (κ1) is 20.3. The predicted molar refractivity (Wildman–Crippen MR) is 124 cm³/mol. The monoisotopic (exact) mass is 412 g/mol. The first-order chi connectivity index (χ1) is 15.2. The second kappa shape index (κ2) is 9.23. The highest BCUT2D eigenvalue weighted by molar-refractivity contribution is 6.04. The van der Waals surface area contributed by atoms with E-state index in [1.807, 2.05) is 36.4 Å². The SMILES string of the molecule is C#Cc1ccc(N2CCN(c3ccc(NC(=O)c4ccc(OC)cc4)cc3)CC2)nc1. The molecular weight excluding hydrogens is 388 g/mol. The van der Waals surface area contributed by atoms with Crippen LogP contribution in [-0.4, -0.2) is 44.2 Å². The maximum Gasteiger partial charge on any atom is 0.255 e.